The van der Waals surface area contributed by atoms with E-state index in [0.29, 0.717) is 10.4 Å². The molecule has 1 aromatic carbocycles. The van der Waals surface area contributed by atoms with Gasteiger partial charge in [0.15, 0.2) is 0 Å². The molecule has 92 valence electrons. The molecule has 1 aromatic heterocycles. The van der Waals surface area contributed by atoms with E-state index in [1.165, 1.54) is 6.07 Å². The first-order valence-corrected chi connectivity index (χ1v) is 6.46. The number of anilines is 1. The van der Waals surface area contributed by atoms with Crippen LogP contribution in [0, 0.1) is 5.82 Å². The predicted octanol–water partition coefficient (Wildman–Crippen LogP) is 3.88. The van der Waals surface area contributed by atoms with Gasteiger partial charge in [0.1, 0.15) is 5.82 Å². The Bertz CT molecular complexity index is 550. The molecule has 0 saturated carbocycles. The molecule has 0 bridgehead atoms. The van der Waals surface area contributed by atoms with Crippen molar-refractivity contribution in [3.8, 4) is 0 Å². The van der Waals surface area contributed by atoms with Crippen LogP contribution >= 0.6 is 15.9 Å². The van der Waals surface area contributed by atoms with E-state index >= 15 is 0 Å². The van der Waals surface area contributed by atoms with Crippen LogP contribution in [0.4, 0.5) is 10.3 Å². The Kier molecular flexibility index (Phi) is 3.38. The molecule has 0 aliphatic rings. The molecule has 0 fully saturated rings. The highest BCUT2D eigenvalue weighted by Gasteiger charge is 2.15. The van der Waals surface area contributed by atoms with Crippen molar-refractivity contribution in [1.29, 1.82) is 0 Å². The van der Waals surface area contributed by atoms with E-state index in [2.05, 4.69) is 34.8 Å². The summed E-state index contributed by atoms with van der Waals surface area (Å²) in [5, 5.41) is 0. The first kappa shape index (κ1) is 12.4. The van der Waals surface area contributed by atoms with Gasteiger partial charge >= 0.3 is 0 Å². The summed E-state index contributed by atoms with van der Waals surface area (Å²) in [6.45, 7) is 4.18. The van der Waals surface area contributed by atoms with Crippen molar-refractivity contribution < 1.29 is 4.39 Å². The lowest BCUT2D eigenvalue weighted by Gasteiger charge is -2.14. The first-order valence-electron chi connectivity index (χ1n) is 5.67. The minimum atomic E-state index is -0.289. The Morgan fingerprint density at radius 1 is 1.53 bits per heavy atom. The van der Waals surface area contributed by atoms with Gasteiger partial charge in [0.25, 0.3) is 0 Å². The molecule has 0 amide bonds. The van der Waals surface area contributed by atoms with Crippen LogP contribution in [-0.4, -0.2) is 9.55 Å². The van der Waals surface area contributed by atoms with Crippen LogP contribution in [0.3, 0.4) is 0 Å². The molecule has 3 nitrogen and oxygen atoms in total. The summed E-state index contributed by atoms with van der Waals surface area (Å²) in [6, 6.07) is 3.37. The van der Waals surface area contributed by atoms with Gasteiger partial charge in [0.2, 0.25) is 5.95 Å². The molecule has 0 aliphatic heterocycles. The number of benzene rings is 1. The van der Waals surface area contributed by atoms with Crippen molar-refractivity contribution in [1.82, 2.24) is 9.55 Å². The molecule has 2 rings (SSSR count). The smallest absolute Gasteiger partial charge is 0.201 e. The van der Waals surface area contributed by atoms with Crippen molar-refractivity contribution in [3.63, 3.8) is 0 Å². The van der Waals surface area contributed by atoms with Crippen LogP contribution in [0.1, 0.15) is 32.7 Å². The second-order valence-corrected chi connectivity index (χ2v) is 5.09. The van der Waals surface area contributed by atoms with Gasteiger partial charge < -0.3 is 10.3 Å². The van der Waals surface area contributed by atoms with Crippen molar-refractivity contribution in [2.24, 2.45) is 0 Å². The standard InChI is InChI=1S/C12H15BrFN3/c1-3-4-7(2)17-11-6-9(14)8(13)5-10(11)16-12(17)15/h5-7H,3-4H2,1-2H3,(H2,15,16). The number of hydrogen-bond donors (Lipinski definition) is 1. The van der Waals surface area contributed by atoms with E-state index in [1.54, 1.807) is 6.07 Å². The number of nitrogens with zero attached hydrogens (tertiary/aromatic N) is 2. The van der Waals surface area contributed by atoms with E-state index in [9.17, 15) is 4.39 Å². The van der Waals surface area contributed by atoms with Gasteiger partial charge in [0.05, 0.1) is 15.5 Å². The summed E-state index contributed by atoms with van der Waals surface area (Å²) < 4.78 is 15.9. The summed E-state index contributed by atoms with van der Waals surface area (Å²) in [6.07, 6.45) is 2.05. The SMILES string of the molecule is CCCC(C)n1c(N)nc2cc(Br)c(F)cc21. The molecule has 0 saturated heterocycles. The van der Waals surface area contributed by atoms with E-state index < -0.39 is 0 Å². The average molecular weight is 300 g/mol. The lowest BCUT2D eigenvalue weighted by molar-refractivity contribution is 0.517. The fourth-order valence-electron chi connectivity index (χ4n) is 2.12. The van der Waals surface area contributed by atoms with Gasteiger partial charge in [-0.05, 0) is 35.3 Å². The Morgan fingerprint density at radius 2 is 2.24 bits per heavy atom. The van der Waals surface area contributed by atoms with Gasteiger partial charge in [-0.1, -0.05) is 13.3 Å². The third-order valence-electron chi connectivity index (χ3n) is 2.91. The molecule has 0 spiro atoms. The normalized spacial score (nSPS) is 13.2. The number of fused-ring (bicyclic) bond motifs is 1. The lowest BCUT2D eigenvalue weighted by atomic mass is 10.2. The van der Waals surface area contributed by atoms with Crippen LogP contribution in [0.2, 0.25) is 0 Å². The summed E-state index contributed by atoms with van der Waals surface area (Å²) in [4.78, 5) is 4.26. The fraction of sp³-hybridized carbons (Fsp3) is 0.417. The third kappa shape index (κ3) is 2.16. The predicted molar refractivity (Wildman–Crippen MR) is 71.4 cm³/mol. The largest absolute Gasteiger partial charge is 0.369 e. The van der Waals surface area contributed by atoms with Gasteiger partial charge in [-0.25, -0.2) is 9.37 Å². The van der Waals surface area contributed by atoms with Crippen molar-refractivity contribution in [3.05, 3.63) is 22.4 Å². The number of rotatable bonds is 3. The number of halogens is 2. The summed E-state index contributed by atoms with van der Waals surface area (Å²) in [7, 11) is 0. The molecule has 2 N–H and O–H groups in total. The molecule has 1 heterocycles. The number of nitrogens with two attached hydrogens (primary N) is 1. The highest BCUT2D eigenvalue weighted by Crippen LogP contribution is 2.29. The average Bonchev–Trinajstić information content (AvgIpc) is 2.55. The van der Waals surface area contributed by atoms with E-state index in [4.69, 9.17) is 5.73 Å². The Morgan fingerprint density at radius 3 is 2.88 bits per heavy atom. The minimum absolute atomic E-state index is 0.227. The number of aromatic nitrogens is 2. The zero-order valence-corrected chi connectivity index (χ0v) is 11.5. The van der Waals surface area contributed by atoms with Crippen LogP contribution < -0.4 is 5.73 Å². The van der Waals surface area contributed by atoms with Crippen LogP contribution in [0.25, 0.3) is 11.0 Å². The molecular weight excluding hydrogens is 285 g/mol. The lowest BCUT2D eigenvalue weighted by Crippen LogP contribution is -2.08. The number of imidazole rings is 1. The molecule has 0 radical (unpaired) electrons. The topological polar surface area (TPSA) is 43.8 Å². The maximum Gasteiger partial charge on any atom is 0.201 e. The second kappa shape index (κ2) is 4.64. The quantitative estimate of drug-likeness (QED) is 0.934. The summed E-state index contributed by atoms with van der Waals surface area (Å²) in [5.74, 6) is 0.154. The molecule has 0 aliphatic carbocycles. The first-order chi connectivity index (χ1) is 8.04. The van der Waals surface area contributed by atoms with Crippen LogP contribution in [0.15, 0.2) is 16.6 Å². The number of hydrogen-bond acceptors (Lipinski definition) is 2. The Balaban J connectivity index is 2.62. The zero-order chi connectivity index (χ0) is 12.6. The maximum absolute atomic E-state index is 13.6. The Hall–Kier alpha value is -1.10. The van der Waals surface area contributed by atoms with Crippen molar-refractivity contribution in [2.75, 3.05) is 5.73 Å². The molecular formula is C12H15BrFN3. The van der Waals surface area contributed by atoms with Crippen molar-refractivity contribution in [2.45, 2.75) is 32.7 Å². The van der Waals surface area contributed by atoms with Crippen molar-refractivity contribution >= 4 is 32.9 Å². The molecule has 1 unspecified atom stereocenters. The highest BCUT2D eigenvalue weighted by molar-refractivity contribution is 9.10. The molecule has 1 atom stereocenters. The van der Waals surface area contributed by atoms with E-state index in [-0.39, 0.29) is 11.9 Å². The monoisotopic (exact) mass is 299 g/mol. The summed E-state index contributed by atoms with van der Waals surface area (Å²) >= 11 is 3.15. The fourth-order valence-corrected chi connectivity index (χ4v) is 2.45. The molecule has 17 heavy (non-hydrogen) atoms. The summed E-state index contributed by atoms with van der Waals surface area (Å²) in [5.41, 5.74) is 7.37. The number of nitrogen functional groups attached to an aromatic ring is 1. The minimum Gasteiger partial charge on any atom is -0.369 e. The van der Waals surface area contributed by atoms with Gasteiger partial charge in [-0.3, -0.25) is 0 Å². The van der Waals surface area contributed by atoms with Gasteiger partial charge in [0, 0.05) is 12.1 Å². The van der Waals surface area contributed by atoms with Crippen LogP contribution in [0.5, 0.6) is 0 Å². The highest BCUT2D eigenvalue weighted by atomic mass is 79.9. The second-order valence-electron chi connectivity index (χ2n) is 4.23. The zero-order valence-electron chi connectivity index (χ0n) is 9.87. The van der Waals surface area contributed by atoms with Crippen LogP contribution in [-0.2, 0) is 0 Å². The molecule has 2 aromatic rings. The maximum atomic E-state index is 13.6. The Labute approximate surface area is 108 Å². The third-order valence-corrected chi connectivity index (χ3v) is 3.51. The van der Waals surface area contributed by atoms with Gasteiger partial charge in [-0.2, -0.15) is 0 Å². The van der Waals surface area contributed by atoms with Gasteiger partial charge in [-0.15, -0.1) is 0 Å². The molecule has 5 heteroatoms. The van der Waals surface area contributed by atoms with E-state index in [1.807, 2.05) is 4.57 Å². The van der Waals surface area contributed by atoms with E-state index in [0.717, 1.165) is 23.9 Å².